The number of nitrogens with one attached hydrogen (secondary N) is 2. The minimum Gasteiger partial charge on any atom is -0.481 e. The molecule has 0 aliphatic heterocycles. The predicted molar refractivity (Wildman–Crippen MR) is 126 cm³/mol. The first-order valence-electron chi connectivity index (χ1n) is 12.2. The maximum Gasteiger partial charge on any atom is 0.407 e. The van der Waals surface area contributed by atoms with Gasteiger partial charge in [-0.3, -0.25) is 9.59 Å². The van der Waals surface area contributed by atoms with Crippen molar-refractivity contribution in [3.63, 3.8) is 0 Å². The smallest absolute Gasteiger partial charge is 0.407 e. The van der Waals surface area contributed by atoms with Gasteiger partial charge in [0, 0.05) is 23.9 Å². The monoisotopic (exact) mass is 462 g/mol. The number of carboxylic acids is 1. The van der Waals surface area contributed by atoms with Crippen molar-refractivity contribution in [3.05, 3.63) is 59.7 Å². The van der Waals surface area contributed by atoms with Crippen molar-refractivity contribution >= 4 is 18.0 Å². The summed E-state index contributed by atoms with van der Waals surface area (Å²) in [6.07, 6.45) is 3.59. The molecule has 0 heterocycles. The Morgan fingerprint density at radius 2 is 1.56 bits per heavy atom. The molecule has 0 radical (unpaired) electrons. The Bertz CT molecular complexity index is 1050. The molecular formula is C27H30N2O5. The molecule has 3 aliphatic carbocycles. The lowest BCUT2D eigenvalue weighted by molar-refractivity contribution is -0.142. The summed E-state index contributed by atoms with van der Waals surface area (Å²) in [7, 11) is 0. The lowest BCUT2D eigenvalue weighted by Crippen LogP contribution is -2.43. The van der Waals surface area contributed by atoms with Crippen molar-refractivity contribution in [2.45, 2.75) is 56.5 Å². The van der Waals surface area contributed by atoms with Gasteiger partial charge in [0.2, 0.25) is 5.91 Å². The third-order valence-electron chi connectivity index (χ3n) is 7.63. The van der Waals surface area contributed by atoms with Gasteiger partial charge in [-0.05, 0) is 54.4 Å². The van der Waals surface area contributed by atoms with E-state index < -0.39 is 18.0 Å². The molecule has 4 atom stereocenters. The van der Waals surface area contributed by atoms with Gasteiger partial charge in [0.1, 0.15) is 6.61 Å². The molecule has 0 saturated heterocycles. The molecule has 3 N–H and O–H groups in total. The van der Waals surface area contributed by atoms with Gasteiger partial charge in [-0.25, -0.2) is 4.79 Å². The normalized spacial score (nSPS) is 25.4. The minimum absolute atomic E-state index is 0.00819. The van der Waals surface area contributed by atoms with Crippen LogP contribution in [-0.4, -0.2) is 41.8 Å². The zero-order valence-electron chi connectivity index (χ0n) is 19.0. The number of carboxylic acid groups (broad SMARTS) is 1. The topological polar surface area (TPSA) is 105 Å². The molecule has 7 nitrogen and oxygen atoms in total. The summed E-state index contributed by atoms with van der Waals surface area (Å²) < 4.78 is 5.63. The SMILES string of the molecule is O=C(N[C@H]1CC[C@@H](C(=O)NC2CCCC2C(=O)O)C1)OCC1c2ccccc2-c2ccccc21. The summed E-state index contributed by atoms with van der Waals surface area (Å²) >= 11 is 0. The molecule has 2 unspecified atom stereocenters. The lowest BCUT2D eigenvalue weighted by atomic mass is 9.98. The Kier molecular flexibility index (Phi) is 6.26. The maximum atomic E-state index is 12.7. The zero-order chi connectivity index (χ0) is 23.7. The van der Waals surface area contributed by atoms with E-state index >= 15 is 0 Å². The van der Waals surface area contributed by atoms with Crippen LogP contribution >= 0.6 is 0 Å². The molecule has 0 bridgehead atoms. The van der Waals surface area contributed by atoms with Gasteiger partial charge < -0.3 is 20.5 Å². The molecule has 34 heavy (non-hydrogen) atoms. The average molecular weight is 463 g/mol. The highest BCUT2D eigenvalue weighted by Gasteiger charge is 2.37. The van der Waals surface area contributed by atoms with Gasteiger partial charge in [0.25, 0.3) is 0 Å². The second-order valence-corrected chi connectivity index (χ2v) is 9.67. The average Bonchev–Trinajstić information content (AvgIpc) is 3.56. The van der Waals surface area contributed by atoms with Crippen molar-refractivity contribution in [1.29, 1.82) is 0 Å². The summed E-state index contributed by atoms with van der Waals surface area (Å²) in [5, 5.41) is 15.2. The number of alkyl carbamates (subject to hydrolysis) is 1. The molecule has 0 aromatic heterocycles. The third-order valence-corrected chi connectivity index (χ3v) is 7.63. The van der Waals surface area contributed by atoms with E-state index in [2.05, 4.69) is 34.9 Å². The molecule has 2 fully saturated rings. The first-order valence-corrected chi connectivity index (χ1v) is 12.2. The van der Waals surface area contributed by atoms with E-state index in [9.17, 15) is 19.5 Å². The Morgan fingerprint density at radius 3 is 2.24 bits per heavy atom. The number of ether oxygens (including phenoxy) is 1. The van der Waals surface area contributed by atoms with Crippen molar-refractivity contribution < 1.29 is 24.2 Å². The van der Waals surface area contributed by atoms with Gasteiger partial charge in [-0.2, -0.15) is 0 Å². The third kappa shape index (κ3) is 4.39. The first-order chi connectivity index (χ1) is 16.5. The predicted octanol–water partition coefficient (Wildman–Crippen LogP) is 4.06. The molecule has 5 rings (SSSR count). The number of fused-ring (bicyclic) bond motifs is 3. The Labute approximate surface area is 198 Å². The fourth-order valence-corrected chi connectivity index (χ4v) is 5.89. The number of rotatable bonds is 6. The van der Waals surface area contributed by atoms with E-state index in [0.29, 0.717) is 32.1 Å². The number of hydrogen-bond donors (Lipinski definition) is 3. The second kappa shape index (κ2) is 9.49. The Balaban J connectivity index is 1.12. The summed E-state index contributed by atoms with van der Waals surface area (Å²) in [6.45, 7) is 0.259. The van der Waals surface area contributed by atoms with Gasteiger partial charge in [0.05, 0.1) is 5.92 Å². The number of carbonyl (C=O) groups is 3. The summed E-state index contributed by atoms with van der Waals surface area (Å²) in [4.78, 5) is 36.6. The number of hydrogen-bond acceptors (Lipinski definition) is 4. The highest BCUT2D eigenvalue weighted by Crippen LogP contribution is 2.44. The summed E-state index contributed by atoms with van der Waals surface area (Å²) in [5.74, 6) is -1.65. The van der Waals surface area contributed by atoms with Crippen LogP contribution in [0.5, 0.6) is 0 Å². The van der Waals surface area contributed by atoms with E-state index in [1.54, 1.807) is 0 Å². The number of amides is 2. The van der Waals surface area contributed by atoms with Crippen LogP contribution in [-0.2, 0) is 14.3 Å². The quantitative estimate of drug-likeness (QED) is 0.600. The van der Waals surface area contributed by atoms with E-state index in [1.807, 2.05) is 24.3 Å². The maximum absolute atomic E-state index is 12.7. The van der Waals surface area contributed by atoms with Crippen LogP contribution in [0.15, 0.2) is 48.5 Å². The minimum atomic E-state index is -0.843. The van der Waals surface area contributed by atoms with Crippen molar-refractivity contribution in [3.8, 4) is 11.1 Å². The molecule has 7 heteroatoms. The molecule has 2 saturated carbocycles. The molecular weight excluding hydrogens is 432 g/mol. The van der Waals surface area contributed by atoms with E-state index in [4.69, 9.17) is 4.74 Å². The van der Waals surface area contributed by atoms with Crippen LogP contribution in [0, 0.1) is 11.8 Å². The highest BCUT2D eigenvalue weighted by molar-refractivity contribution is 5.81. The summed E-state index contributed by atoms with van der Waals surface area (Å²) in [5.41, 5.74) is 4.70. The number of benzene rings is 2. The molecule has 2 amide bonds. The van der Waals surface area contributed by atoms with E-state index in [1.165, 1.54) is 22.3 Å². The van der Waals surface area contributed by atoms with E-state index in [0.717, 1.165) is 6.42 Å². The van der Waals surface area contributed by atoms with Crippen LogP contribution in [0.4, 0.5) is 4.79 Å². The molecule has 2 aromatic rings. The van der Waals surface area contributed by atoms with E-state index in [-0.39, 0.29) is 36.4 Å². The second-order valence-electron chi connectivity index (χ2n) is 9.67. The van der Waals surface area contributed by atoms with Crippen LogP contribution in [0.3, 0.4) is 0 Å². The standard InChI is InChI=1S/C27H30N2O5/c30-25(29-24-11-5-10-22(24)26(31)32)16-12-13-17(14-16)28-27(33)34-15-23-20-8-3-1-6-18(20)19-7-2-4-9-21(19)23/h1-4,6-9,16-17,22-24H,5,10-15H2,(H,28,33)(H,29,30)(H,31,32)/t16-,17+,22?,24?/m1/s1. The van der Waals surface area contributed by atoms with Gasteiger partial charge in [0.15, 0.2) is 0 Å². The number of aliphatic carboxylic acids is 1. The molecule has 3 aliphatic rings. The largest absolute Gasteiger partial charge is 0.481 e. The first kappa shape index (κ1) is 22.4. The van der Waals surface area contributed by atoms with Crippen LogP contribution < -0.4 is 10.6 Å². The van der Waals surface area contributed by atoms with Crippen LogP contribution in [0.2, 0.25) is 0 Å². The highest BCUT2D eigenvalue weighted by atomic mass is 16.5. The van der Waals surface area contributed by atoms with Crippen LogP contribution in [0.25, 0.3) is 11.1 Å². The van der Waals surface area contributed by atoms with Crippen molar-refractivity contribution in [2.75, 3.05) is 6.61 Å². The van der Waals surface area contributed by atoms with Gasteiger partial charge in [-0.15, -0.1) is 0 Å². The van der Waals surface area contributed by atoms with Gasteiger partial charge in [-0.1, -0.05) is 55.0 Å². The number of carbonyl (C=O) groups excluding carboxylic acids is 2. The molecule has 178 valence electrons. The Hall–Kier alpha value is -3.35. The zero-order valence-corrected chi connectivity index (χ0v) is 19.0. The van der Waals surface area contributed by atoms with Crippen LogP contribution in [0.1, 0.15) is 55.6 Å². The van der Waals surface area contributed by atoms with Gasteiger partial charge >= 0.3 is 12.1 Å². The molecule has 0 spiro atoms. The Morgan fingerprint density at radius 1 is 0.882 bits per heavy atom. The fraction of sp³-hybridized carbons (Fsp3) is 0.444. The lowest BCUT2D eigenvalue weighted by Gasteiger charge is -2.20. The van der Waals surface area contributed by atoms with Crippen molar-refractivity contribution in [2.24, 2.45) is 11.8 Å². The molecule has 2 aromatic carbocycles. The van der Waals surface area contributed by atoms with Crippen molar-refractivity contribution in [1.82, 2.24) is 10.6 Å². The summed E-state index contributed by atoms with van der Waals surface area (Å²) in [6, 6.07) is 16.0. The fourth-order valence-electron chi connectivity index (χ4n) is 5.89.